The summed E-state index contributed by atoms with van der Waals surface area (Å²) in [5, 5.41) is 15.6. The number of anilines is 1. The Morgan fingerprint density at radius 1 is 1.29 bits per heavy atom. The van der Waals surface area contributed by atoms with Crippen molar-refractivity contribution in [2.24, 2.45) is 17.0 Å². The molecule has 0 radical (unpaired) electrons. The van der Waals surface area contributed by atoms with E-state index in [1.165, 1.54) is 6.07 Å². The Labute approximate surface area is 99.3 Å². The van der Waals surface area contributed by atoms with Gasteiger partial charge in [-0.3, -0.25) is 0 Å². The molecule has 0 spiro atoms. The standard InChI is InChI=1S/C13H15FN2O/c14-10-3-1-2-4-11(10)15-12-8-5-6-9(7-8)13(12)16-17/h1-4,8-9,12,15,17H,5-7H2/b16-13+/t8-,9-,12-/m0/s1. The second kappa shape index (κ2) is 4.02. The molecule has 3 atom stereocenters. The summed E-state index contributed by atoms with van der Waals surface area (Å²) < 4.78 is 13.6. The van der Waals surface area contributed by atoms with Gasteiger partial charge in [-0.15, -0.1) is 0 Å². The van der Waals surface area contributed by atoms with Crippen LogP contribution in [0.3, 0.4) is 0 Å². The van der Waals surface area contributed by atoms with Gasteiger partial charge in [0.2, 0.25) is 0 Å². The predicted molar refractivity (Wildman–Crippen MR) is 63.9 cm³/mol. The summed E-state index contributed by atoms with van der Waals surface area (Å²) in [6.07, 6.45) is 3.29. The van der Waals surface area contributed by atoms with Gasteiger partial charge in [0.25, 0.3) is 0 Å². The Morgan fingerprint density at radius 3 is 2.88 bits per heavy atom. The Kier molecular flexibility index (Phi) is 2.50. The Hall–Kier alpha value is -1.58. The van der Waals surface area contributed by atoms with Gasteiger partial charge in [-0.05, 0) is 37.3 Å². The number of benzene rings is 1. The average Bonchev–Trinajstić information content (AvgIpc) is 2.92. The number of nitrogens with one attached hydrogen (secondary N) is 1. The van der Waals surface area contributed by atoms with Gasteiger partial charge in [-0.25, -0.2) is 4.39 Å². The first-order valence-electron chi connectivity index (χ1n) is 6.02. The van der Waals surface area contributed by atoms with E-state index >= 15 is 0 Å². The zero-order chi connectivity index (χ0) is 11.8. The fourth-order valence-corrected chi connectivity index (χ4v) is 3.16. The highest BCUT2D eigenvalue weighted by Crippen LogP contribution is 2.44. The smallest absolute Gasteiger partial charge is 0.146 e. The van der Waals surface area contributed by atoms with Gasteiger partial charge in [0.15, 0.2) is 0 Å². The highest BCUT2D eigenvalue weighted by molar-refractivity contribution is 5.96. The fraction of sp³-hybridized carbons (Fsp3) is 0.462. The molecule has 0 saturated heterocycles. The molecule has 17 heavy (non-hydrogen) atoms. The van der Waals surface area contributed by atoms with Gasteiger partial charge in [0, 0.05) is 5.92 Å². The average molecular weight is 234 g/mol. The highest BCUT2D eigenvalue weighted by Gasteiger charge is 2.45. The molecule has 0 aliphatic heterocycles. The summed E-state index contributed by atoms with van der Waals surface area (Å²) in [6, 6.07) is 6.62. The molecule has 3 nitrogen and oxygen atoms in total. The van der Waals surface area contributed by atoms with E-state index in [-0.39, 0.29) is 11.9 Å². The number of oxime groups is 1. The van der Waals surface area contributed by atoms with Crippen LogP contribution >= 0.6 is 0 Å². The van der Waals surface area contributed by atoms with Gasteiger partial charge >= 0.3 is 0 Å². The lowest BCUT2D eigenvalue weighted by Crippen LogP contribution is -2.35. The van der Waals surface area contributed by atoms with Crippen LogP contribution in [0.5, 0.6) is 0 Å². The molecule has 3 rings (SSSR count). The van der Waals surface area contributed by atoms with Gasteiger partial charge < -0.3 is 10.5 Å². The quantitative estimate of drug-likeness (QED) is 0.610. The van der Waals surface area contributed by atoms with Crippen molar-refractivity contribution in [1.29, 1.82) is 0 Å². The molecular formula is C13H15FN2O. The first-order chi connectivity index (χ1) is 8.29. The molecule has 2 saturated carbocycles. The lowest BCUT2D eigenvalue weighted by Gasteiger charge is -2.25. The summed E-state index contributed by atoms with van der Waals surface area (Å²) in [7, 11) is 0. The second-order valence-electron chi connectivity index (χ2n) is 4.90. The van der Waals surface area contributed by atoms with E-state index in [0.29, 0.717) is 17.5 Å². The molecule has 2 N–H and O–H groups in total. The molecule has 1 aromatic rings. The zero-order valence-corrected chi connectivity index (χ0v) is 9.44. The van der Waals surface area contributed by atoms with Crippen LogP contribution in [0.1, 0.15) is 19.3 Å². The minimum absolute atomic E-state index is 0.00403. The summed E-state index contributed by atoms with van der Waals surface area (Å²) in [5.74, 6) is 0.604. The topological polar surface area (TPSA) is 44.6 Å². The summed E-state index contributed by atoms with van der Waals surface area (Å²) in [6.45, 7) is 0. The molecule has 0 amide bonds. The Morgan fingerprint density at radius 2 is 2.12 bits per heavy atom. The summed E-state index contributed by atoms with van der Waals surface area (Å²) in [5.41, 5.74) is 1.29. The minimum atomic E-state index is -0.257. The SMILES string of the molecule is O/N=C1\[C@H]2CC[C@@H](C2)[C@@H]1Nc1ccccc1F. The molecular weight excluding hydrogens is 219 g/mol. The molecule has 1 aromatic carbocycles. The normalized spacial score (nSPS) is 33.2. The predicted octanol–water partition coefficient (Wildman–Crippen LogP) is 2.87. The van der Waals surface area contributed by atoms with Crippen LogP contribution < -0.4 is 5.32 Å². The number of halogens is 1. The first-order valence-corrected chi connectivity index (χ1v) is 6.02. The first kappa shape index (κ1) is 10.6. The Bertz CT molecular complexity index is 460. The van der Waals surface area contributed by atoms with Crippen molar-refractivity contribution in [2.45, 2.75) is 25.3 Å². The van der Waals surface area contributed by atoms with Crippen molar-refractivity contribution in [3.8, 4) is 0 Å². The van der Waals surface area contributed by atoms with Crippen LogP contribution in [-0.2, 0) is 0 Å². The number of hydrogen-bond acceptors (Lipinski definition) is 3. The molecule has 90 valence electrons. The number of rotatable bonds is 2. The van der Waals surface area contributed by atoms with Crippen LogP contribution in [0.4, 0.5) is 10.1 Å². The maximum atomic E-state index is 13.6. The van der Waals surface area contributed by atoms with Gasteiger partial charge in [-0.1, -0.05) is 17.3 Å². The largest absolute Gasteiger partial charge is 0.411 e. The fourth-order valence-electron chi connectivity index (χ4n) is 3.16. The van der Waals surface area contributed by atoms with Gasteiger partial charge in [-0.2, -0.15) is 0 Å². The molecule has 2 aliphatic carbocycles. The molecule has 2 fully saturated rings. The zero-order valence-electron chi connectivity index (χ0n) is 9.44. The number of nitrogens with zero attached hydrogens (tertiary/aromatic N) is 1. The van der Waals surface area contributed by atoms with E-state index in [2.05, 4.69) is 10.5 Å². The molecule has 0 unspecified atom stereocenters. The van der Waals surface area contributed by atoms with E-state index in [9.17, 15) is 4.39 Å². The maximum absolute atomic E-state index is 13.6. The monoisotopic (exact) mass is 234 g/mol. The van der Waals surface area contributed by atoms with Crippen molar-refractivity contribution >= 4 is 11.4 Å². The third kappa shape index (κ3) is 1.68. The third-order valence-corrected chi connectivity index (χ3v) is 3.98. The van der Waals surface area contributed by atoms with Crippen LogP contribution in [0.15, 0.2) is 29.4 Å². The van der Waals surface area contributed by atoms with E-state index in [0.717, 1.165) is 25.0 Å². The van der Waals surface area contributed by atoms with Crippen molar-refractivity contribution in [3.63, 3.8) is 0 Å². The minimum Gasteiger partial charge on any atom is -0.411 e. The van der Waals surface area contributed by atoms with Crippen molar-refractivity contribution in [1.82, 2.24) is 0 Å². The number of hydrogen-bond donors (Lipinski definition) is 2. The van der Waals surface area contributed by atoms with Crippen LogP contribution in [-0.4, -0.2) is 17.0 Å². The lowest BCUT2D eigenvalue weighted by atomic mass is 9.93. The van der Waals surface area contributed by atoms with Crippen molar-refractivity contribution in [3.05, 3.63) is 30.1 Å². The Balaban J connectivity index is 1.84. The molecule has 0 heterocycles. The molecule has 0 aromatic heterocycles. The number of para-hydroxylation sites is 1. The van der Waals surface area contributed by atoms with E-state index in [4.69, 9.17) is 5.21 Å². The van der Waals surface area contributed by atoms with Crippen LogP contribution in [0.25, 0.3) is 0 Å². The summed E-state index contributed by atoms with van der Waals surface area (Å²) in [4.78, 5) is 0. The van der Waals surface area contributed by atoms with Crippen LogP contribution in [0.2, 0.25) is 0 Å². The summed E-state index contributed by atoms with van der Waals surface area (Å²) >= 11 is 0. The van der Waals surface area contributed by atoms with Gasteiger partial charge in [0.1, 0.15) is 5.82 Å². The van der Waals surface area contributed by atoms with E-state index in [1.54, 1.807) is 18.2 Å². The second-order valence-corrected chi connectivity index (χ2v) is 4.90. The third-order valence-electron chi connectivity index (χ3n) is 3.98. The molecule has 2 aliphatic rings. The van der Waals surface area contributed by atoms with Crippen molar-refractivity contribution < 1.29 is 9.60 Å². The number of fused-ring (bicyclic) bond motifs is 2. The molecule has 4 heteroatoms. The van der Waals surface area contributed by atoms with Crippen LogP contribution in [0, 0.1) is 17.7 Å². The van der Waals surface area contributed by atoms with E-state index in [1.807, 2.05) is 0 Å². The lowest BCUT2D eigenvalue weighted by molar-refractivity contribution is 0.312. The molecule has 2 bridgehead atoms. The van der Waals surface area contributed by atoms with Crippen molar-refractivity contribution in [2.75, 3.05) is 5.32 Å². The van der Waals surface area contributed by atoms with Gasteiger partial charge in [0.05, 0.1) is 17.4 Å². The highest BCUT2D eigenvalue weighted by atomic mass is 19.1. The maximum Gasteiger partial charge on any atom is 0.146 e. The van der Waals surface area contributed by atoms with E-state index < -0.39 is 0 Å².